The van der Waals surface area contributed by atoms with Crippen LogP contribution in [-0.2, 0) is 16.4 Å². The lowest BCUT2D eigenvalue weighted by molar-refractivity contribution is 0.246. The standard InChI is InChI=1S/C20H18F3N3O3S/c21-15-7-2-1-6-14(15)20-24-18(29-25-20)11-13-5-4-10-26(12-13)30(27,28)19-16(22)8-3-9-17(19)23/h1-3,6-9,13H,4-5,10-12H2. The molecule has 158 valence electrons. The summed E-state index contributed by atoms with van der Waals surface area (Å²) in [5.74, 6) is -2.55. The quantitative estimate of drug-likeness (QED) is 0.607. The van der Waals surface area contributed by atoms with Crippen LogP contribution in [0.4, 0.5) is 13.2 Å². The molecule has 6 nitrogen and oxygen atoms in total. The van der Waals surface area contributed by atoms with Gasteiger partial charge in [-0.3, -0.25) is 0 Å². The molecule has 0 saturated carbocycles. The summed E-state index contributed by atoms with van der Waals surface area (Å²) in [5.41, 5.74) is 0.204. The topological polar surface area (TPSA) is 76.3 Å². The Morgan fingerprint density at radius 1 is 1.03 bits per heavy atom. The van der Waals surface area contributed by atoms with Crippen LogP contribution < -0.4 is 0 Å². The molecule has 1 atom stereocenters. The highest BCUT2D eigenvalue weighted by Crippen LogP contribution is 2.29. The molecular weight excluding hydrogens is 419 g/mol. The molecule has 0 amide bonds. The first-order chi connectivity index (χ1) is 14.4. The van der Waals surface area contributed by atoms with Crippen LogP contribution >= 0.6 is 0 Å². The van der Waals surface area contributed by atoms with E-state index in [4.69, 9.17) is 4.52 Å². The summed E-state index contributed by atoms with van der Waals surface area (Å²) in [6.07, 6.45) is 1.48. The predicted octanol–water partition coefficient (Wildman–Crippen LogP) is 3.80. The van der Waals surface area contributed by atoms with E-state index in [1.54, 1.807) is 12.1 Å². The van der Waals surface area contributed by atoms with Gasteiger partial charge in [0.15, 0.2) is 4.90 Å². The van der Waals surface area contributed by atoms with Crippen molar-refractivity contribution in [1.29, 1.82) is 0 Å². The minimum absolute atomic E-state index is 0.0630. The van der Waals surface area contributed by atoms with Gasteiger partial charge in [-0.25, -0.2) is 21.6 Å². The van der Waals surface area contributed by atoms with Crippen molar-refractivity contribution < 1.29 is 26.1 Å². The zero-order valence-corrected chi connectivity index (χ0v) is 16.6. The Hall–Kier alpha value is -2.72. The van der Waals surface area contributed by atoms with Crippen LogP contribution in [0, 0.1) is 23.4 Å². The maximum atomic E-state index is 14.0. The number of hydrogen-bond donors (Lipinski definition) is 0. The van der Waals surface area contributed by atoms with Crippen LogP contribution in [0.15, 0.2) is 51.9 Å². The van der Waals surface area contributed by atoms with Crippen molar-refractivity contribution in [2.45, 2.75) is 24.2 Å². The van der Waals surface area contributed by atoms with Gasteiger partial charge in [0.25, 0.3) is 0 Å². The molecule has 4 rings (SSSR count). The smallest absolute Gasteiger partial charge is 0.248 e. The summed E-state index contributed by atoms with van der Waals surface area (Å²) in [4.78, 5) is 3.26. The van der Waals surface area contributed by atoms with E-state index in [-0.39, 0.29) is 42.7 Å². The molecule has 0 spiro atoms. The van der Waals surface area contributed by atoms with E-state index in [1.807, 2.05) is 0 Å². The lowest BCUT2D eigenvalue weighted by atomic mass is 9.96. The second kappa shape index (κ2) is 8.19. The zero-order valence-electron chi connectivity index (χ0n) is 15.8. The Labute approximate surface area is 171 Å². The zero-order chi connectivity index (χ0) is 21.3. The highest BCUT2D eigenvalue weighted by molar-refractivity contribution is 7.89. The van der Waals surface area contributed by atoms with Gasteiger partial charge >= 0.3 is 0 Å². The van der Waals surface area contributed by atoms with Gasteiger partial charge in [0.05, 0.1) is 5.56 Å². The fraction of sp³-hybridized carbons (Fsp3) is 0.300. The average Bonchev–Trinajstić information content (AvgIpc) is 3.16. The van der Waals surface area contributed by atoms with Crippen LogP contribution in [0.25, 0.3) is 11.4 Å². The van der Waals surface area contributed by atoms with E-state index in [0.717, 1.165) is 22.5 Å². The van der Waals surface area contributed by atoms with Crippen LogP contribution in [0.1, 0.15) is 18.7 Å². The molecule has 0 N–H and O–H groups in total. The first-order valence-corrected chi connectivity index (χ1v) is 10.8. The summed E-state index contributed by atoms with van der Waals surface area (Å²) in [5, 5.41) is 3.79. The maximum absolute atomic E-state index is 14.0. The summed E-state index contributed by atoms with van der Waals surface area (Å²) >= 11 is 0. The van der Waals surface area contributed by atoms with Crippen LogP contribution in [0.5, 0.6) is 0 Å². The molecule has 10 heteroatoms. The SMILES string of the molecule is O=S(=O)(c1c(F)cccc1F)N1CCCC(Cc2nc(-c3ccccc3F)no2)C1. The summed E-state index contributed by atoms with van der Waals surface area (Å²) in [7, 11) is -4.32. The lowest BCUT2D eigenvalue weighted by Gasteiger charge is -2.31. The Bertz CT molecular complexity index is 1150. The van der Waals surface area contributed by atoms with Gasteiger partial charge in [0.2, 0.25) is 21.7 Å². The number of sulfonamides is 1. The van der Waals surface area contributed by atoms with E-state index in [2.05, 4.69) is 10.1 Å². The van der Waals surface area contributed by atoms with E-state index >= 15 is 0 Å². The van der Waals surface area contributed by atoms with E-state index in [1.165, 1.54) is 12.1 Å². The molecule has 30 heavy (non-hydrogen) atoms. The second-order valence-electron chi connectivity index (χ2n) is 7.12. The second-order valence-corrected chi connectivity index (χ2v) is 8.99. The lowest BCUT2D eigenvalue weighted by Crippen LogP contribution is -2.41. The first-order valence-electron chi connectivity index (χ1n) is 9.38. The summed E-state index contributed by atoms with van der Waals surface area (Å²) in [6.45, 7) is 0.227. The minimum atomic E-state index is -4.32. The van der Waals surface area contributed by atoms with E-state index in [9.17, 15) is 21.6 Å². The van der Waals surface area contributed by atoms with Crippen molar-refractivity contribution in [3.8, 4) is 11.4 Å². The van der Waals surface area contributed by atoms with Gasteiger partial charge < -0.3 is 4.52 Å². The Balaban J connectivity index is 1.51. The van der Waals surface area contributed by atoms with Crippen molar-refractivity contribution in [3.05, 3.63) is 65.8 Å². The predicted molar refractivity (Wildman–Crippen MR) is 101 cm³/mol. The first kappa shape index (κ1) is 20.5. The van der Waals surface area contributed by atoms with Crippen molar-refractivity contribution in [3.63, 3.8) is 0 Å². The van der Waals surface area contributed by atoms with Gasteiger partial charge in [0, 0.05) is 19.5 Å². The third-order valence-electron chi connectivity index (χ3n) is 5.04. The molecule has 3 aromatic rings. The van der Waals surface area contributed by atoms with Crippen LogP contribution in [0.2, 0.25) is 0 Å². The minimum Gasteiger partial charge on any atom is -0.339 e. The Morgan fingerprint density at radius 2 is 1.73 bits per heavy atom. The van der Waals surface area contributed by atoms with Crippen LogP contribution in [0.3, 0.4) is 0 Å². The average molecular weight is 437 g/mol. The van der Waals surface area contributed by atoms with Crippen molar-refractivity contribution >= 4 is 10.0 Å². The summed E-state index contributed by atoms with van der Waals surface area (Å²) < 4.78 is 73.9. The van der Waals surface area contributed by atoms with Crippen molar-refractivity contribution in [1.82, 2.24) is 14.4 Å². The molecule has 0 aliphatic carbocycles. The van der Waals surface area contributed by atoms with Gasteiger partial charge in [-0.15, -0.1) is 0 Å². The molecule has 1 saturated heterocycles. The molecule has 0 bridgehead atoms. The number of piperidine rings is 1. The third kappa shape index (κ3) is 3.97. The molecule has 2 heterocycles. The maximum Gasteiger partial charge on any atom is 0.248 e. The Kier molecular flexibility index (Phi) is 5.61. The highest BCUT2D eigenvalue weighted by atomic mass is 32.2. The molecule has 1 aliphatic heterocycles. The number of halogens is 3. The van der Waals surface area contributed by atoms with E-state index < -0.39 is 32.4 Å². The molecule has 1 aliphatic rings. The molecule has 2 aromatic carbocycles. The van der Waals surface area contributed by atoms with Crippen molar-refractivity contribution in [2.75, 3.05) is 13.1 Å². The number of nitrogens with zero attached hydrogens (tertiary/aromatic N) is 3. The molecular formula is C20H18F3N3O3S. The molecule has 0 radical (unpaired) electrons. The van der Waals surface area contributed by atoms with Gasteiger partial charge in [-0.05, 0) is 43.0 Å². The molecule has 1 unspecified atom stereocenters. The summed E-state index contributed by atoms with van der Waals surface area (Å²) in [6, 6.07) is 8.97. The normalized spacial score (nSPS) is 17.9. The highest BCUT2D eigenvalue weighted by Gasteiger charge is 2.34. The van der Waals surface area contributed by atoms with E-state index in [0.29, 0.717) is 12.8 Å². The van der Waals surface area contributed by atoms with Gasteiger partial charge in [-0.1, -0.05) is 23.4 Å². The number of hydrogen-bond acceptors (Lipinski definition) is 5. The van der Waals surface area contributed by atoms with Gasteiger partial charge in [-0.2, -0.15) is 9.29 Å². The number of benzene rings is 2. The monoisotopic (exact) mass is 437 g/mol. The molecule has 1 aromatic heterocycles. The number of aromatic nitrogens is 2. The molecule has 1 fully saturated rings. The number of rotatable bonds is 5. The third-order valence-corrected chi connectivity index (χ3v) is 6.96. The fourth-order valence-electron chi connectivity index (χ4n) is 3.61. The largest absolute Gasteiger partial charge is 0.339 e. The van der Waals surface area contributed by atoms with Crippen molar-refractivity contribution in [2.24, 2.45) is 5.92 Å². The Morgan fingerprint density at radius 3 is 2.47 bits per heavy atom. The van der Waals surface area contributed by atoms with Gasteiger partial charge in [0.1, 0.15) is 17.5 Å². The van der Waals surface area contributed by atoms with Crippen LogP contribution in [-0.4, -0.2) is 36.0 Å². The fourth-order valence-corrected chi connectivity index (χ4v) is 5.27.